The predicted octanol–water partition coefficient (Wildman–Crippen LogP) is 4.74. The number of aromatic amines is 1. The van der Waals surface area contributed by atoms with Crippen molar-refractivity contribution in [2.45, 2.75) is 12.6 Å². The fourth-order valence-corrected chi connectivity index (χ4v) is 4.59. The minimum Gasteiger partial charge on any atom is -0.373 e. The molecule has 6 heteroatoms. The molecule has 5 aromatic rings. The Labute approximate surface area is 177 Å². The molecule has 148 valence electrons. The molecule has 1 unspecified atom stereocenters. The number of carbonyl (C=O) groups excluding carboxylic acids is 1. The van der Waals surface area contributed by atoms with Crippen LogP contribution < -0.4 is 5.32 Å². The van der Waals surface area contributed by atoms with Crippen LogP contribution in [0.15, 0.2) is 78.2 Å². The topological polar surface area (TPSA) is 78.0 Å². The van der Waals surface area contributed by atoms with Crippen molar-refractivity contribution in [1.82, 2.24) is 15.5 Å². The Morgan fingerprint density at radius 3 is 2.70 bits per heavy atom. The summed E-state index contributed by atoms with van der Waals surface area (Å²) in [6.07, 6.45) is -0.604. The van der Waals surface area contributed by atoms with Crippen molar-refractivity contribution in [3.63, 3.8) is 0 Å². The van der Waals surface area contributed by atoms with E-state index in [1.54, 1.807) is 17.4 Å². The molecule has 0 spiro atoms. The highest BCUT2D eigenvalue weighted by atomic mass is 32.1. The van der Waals surface area contributed by atoms with Gasteiger partial charge in [-0.25, -0.2) is 0 Å². The number of aliphatic hydroxyl groups excluding tert-OH is 1. The first-order chi connectivity index (χ1) is 14.7. The largest absolute Gasteiger partial charge is 0.373 e. The number of thiophene rings is 1. The number of carbonyl (C=O) groups is 1. The van der Waals surface area contributed by atoms with Crippen molar-refractivity contribution in [3.8, 4) is 11.3 Å². The van der Waals surface area contributed by atoms with Crippen LogP contribution in [-0.2, 0) is 6.42 Å². The number of H-pyrrole nitrogens is 1. The Kier molecular flexibility index (Phi) is 4.78. The maximum absolute atomic E-state index is 12.7. The summed E-state index contributed by atoms with van der Waals surface area (Å²) in [6.45, 7) is 0. The van der Waals surface area contributed by atoms with Crippen LogP contribution in [0.4, 0.5) is 0 Å². The van der Waals surface area contributed by atoms with Crippen LogP contribution in [0.5, 0.6) is 0 Å². The van der Waals surface area contributed by atoms with Crippen molar-refractivity contribution in [1.29, 1.82) is 0 Å². The number of nitrogens with zero attached hydrogens (tertiary/aromatic N) is 1. The van der Waals surface area contributed by atoms with Crippen LogP contribution in [0.2, 0.25) is 0 Å². The van der Waals surface area contributed by atoms with Gasteiger partial charge in [-0.3, -0.25) is 9.89 Å². The first-order valence-electron chi connectivity index (χ1n) is 9.66. The third kappa shape index (κ3) is 3.47. The molecule has 2 heterocycles. The van der Waals surface area contributed by atoms with Gasteiger partial charge in [0, 0.05) is 38.4 Å². The Hall–Kier alpha value is -3.48. The number of aromatic nitrogens is 2. The molecule has 0 bridgehead atoms. The predicted molar refractivity (Wildman–Crippen MR) is 121 cm³/mol. The average Bonchev–Trinajstić information content (AvgIpc) is 3.37. The quantitative estimate of drug-likeness (QED) is 0.364. The van der Waals surface area contributed by atoms with E-state index in [4.69, 9.17) is 0 Å². The Morgan fingerprint density at radius 2 is 1.83 bits per heavy atom. The molecule has 3 aromatic carbocycles. The molecule has 0 aliphatic rings. The third-order valence-electron chi connectivity index (χ3n) is 5.13. The van der Waals surface area contributed by atoms with Gasteiger partial charge in [-0.15, -0.1) is 11.3 Å². The third-order valence-corrected chi connectivity index (χ3v) is 6.09. The maximum Gasteiger partial charge on any atom is 0.253 e. The molecule has 0 saturated carbocycles. The fraction of sp³-hybridized carbons (Fsp3) is 0.0833. The zero-order valence-corrected chi connectivity index (χ0v) is 16.8. The van der Waals surface area contributed by atoms with Gasteiger partial charge >= 0.3 is 0 Å². The minimum absolute atomic E-state index is 0.317. The second-order valence-electron chi connectivity index (χ2n) is 7.16. The SMILES string of the molecule is O=C(NC(O)Cc1ccccc1)c1ccc2[nH]nc(-c3csc4ccccc34)c2c1. The van der Waals surface area contributed by atoms with Crippen LogP contribution in [-0.4, -0.2) is 27.4 Å². The molecule has 0 fully saturated rings. The highest BCUT2D eigenvalue weighted by molar-refractivity contribution is 7.17. The zero-order valence-electron chi connectivity index (χ0n) is 16.0. The van der Waals surface area contributed by atoms with Gasteiger partial charge in [-0.1, -0.05) is 48.5 Å². The Bertz CT molecular complexity index is 1340. The molecule has 5 rings (SSSR count). The van der Waals surface area contributed by atoms with Crippen molar-refractivity contribution in [2.75, 3.05) is 0 Å². The van der Waals surface area contributed by atoms with Gasteiger partial charge in [0.2, 0.25) is 0 Å². The summed E-state index contributed by atoms with van der Waals surface area (Å²) in [5.74, 6) is -0.317. The molecule has 30 heavy (non-hydrogen) atoms. The molecule has 1 amide bonds. The van der Waals surface area contributed by atoms with Crippen LogP contribution in [0.25, 0.3) is 32.2 Å². The number of hydrogen-bond acceptors (Lipinski definition) is 4. The Balaban J connectivity index is 1.43. The number of fused-ring (bicyclic) bond motifs is 2. The molecule has 2 aromatic heterocycles. The van der Waals surface area contributed by atoms with Crippen LogP contribution >= 0.6 is 11.3 Å². The van der Waals surface area contributed by atoms with E-state index < -0.39 is 6.23 Å². The van der Waals surface area contributed by atoms with Crippen LogP contribution in [0.3, 0.4) is 0 Å². The van der Waals surface area contributed by atoms with Crippen molar-refractivity contribution < 1.29 is 9.90 Å². The summed E-state index contributed by atoms with van der Waals surface area (Å²) >= 11 is 1.67. The lowest BCUT2D eigenvalue weighted by Gasteiger charge is -2.13. The van der Waals surface area contributed by atoms with Gasteiger partial charge in [0.1, 0.15) is 11.9 Å². The van der Waals surface area contributed by atoms with E-state index in [2.05, 4.69) is 33.0 Å². The van der Waals surface area contributed by atoms with E-state index >= 15 is 0 Å². The summed E-state index contributed by atoms with van der Waals surface area (Å²) in [4.78, 5) is 12.7. The molecule has 0 aliphatic carbocycles. The number of hydrogen-bond donors (Lipinski definition) is 3. The van der Waals surface area contributed by atoms with E-state index in [0.717, 1.165) is 33.1 Å². The van der Waals surface area contributed by atoms with Gasteiger partial charge in [0.05, 0.1) is 5.52 Å². The van der Waals surface area contributed by atoms with Gasteiger partial charge in [-0.2, -0.15) is 5.10 Å². The van der Waals surface area contributed by atoms with Crippen LogP contribution in [0, 0.1) is 0 Å². The van der Waals surface area contributed by atoms with Crippen LogP contribution in [0.1, 0.15) is 15.9 Å². The highest BCUT2D eigenvalue weighted by Crippen LogP contribution is 2.36. The first kappa shape index (κ1) is 18.5. The zero-order chi connectivity index (χ0) is 20.5. The van der Waals surface area contributed by atoms with Gasteiger partial charge < -0.3 is 10.4 Å². The van der Waals surface area contributed by atoms with Crippen molar-refractivity contribution in [2.24, 2.45) is 0 Å². The summed E-state index contributed by atoms with van der Waals surface area (Å²) in [6, 6.07) is 23.2. The van der Waals surface area contributed by atoms with Gasteiger partial charge in [0.25, 0.3) is 5.91 Å². The highest BCUT2D eigenvalue weighted by Gasteiger charge is 2.16. The fourth-order valence-electron chi connectivity index (χ4n) is 3.64. The first-order valence-corrected chi connectivity index (χ1v) is 10.5. The minimum atomic E-state index is -0.958. The molecular formula is C24H19N3O2S. The number of nitrogens with one attached hydrogen (secondary N) is 2. The van der Waals surface area contributed by atoms with E-state index in [1.165, 1.54) is 4.70 Å². The molecule has 0 radical (unpaired) electrons. The molecule has 0 aliphatic heterocycles. The summed E-state index contributed by atoms with van der Waals surface area (Å²) in [7, 11) is 0. The lowest BCUT2D eigenvalue weighted by atomic mass is 10.0. The van der Waals surface area contributed by atoms with E-state index in [1.807, 2.05) is 54.6 Å². The lowest BCUT2D eigenvalue weighted by molar-refractivity contribution is 0.0785. The second kappa shape index (κ2) is 7.74. The lowest BCUT2D eigenvalue weighted by Crippen LogP contribution is -2.36. The van der Waals surface area contributed by atoms with Crippen molar-refractivity contribution in [3.05, 3.63) is 89.3 Å². The van der Waals surface area contributed by atoms with E-state index in [0.29, 0.717) is 12.0 Å². The van der Waals surface area contributed by atoms with E-state index in [-0.39, 0.29) is 5.91 Å². The monoisotopic (exact) mass is 413 g/mol. The van der Waals surface area contributed by atoms with Gasteiger partial charge in [0.15, 0.2) is 0 Å². The maximum atomic E-state index is 12.7. The number of aliphatic hydroxyl groups is 1. The van der Waals surface area contributed by atoms with Crippen molar-refractivity contribution >= 4 is 38.2 Å². The van der Waals surface area contributed by atoms with E-state index in [9.17, 15) is 9.90 Å². The second-order valence-corrected chi connectivity index (χ2v) is 8.07. The number of rotatable bonds is 5. The number of benzene rings is 3. The molecule has 0 saturated heterocycles. The standard InChI is InChI=1S/C24H19N3O2S/c28-22(12-15-6-2-1-3-7-15)25-24(29)16-10-11-20-18(13-16)23(27-26-20)19-14-30-21-9-5-4-8-17(19)21/h1-11,13-14,22,28H,12H2,(H,25,29)(H,26,27). The van der Waals surface area contributed by atoms with Gasteiger partial charge in [-0.05, 0) is 29.8 Å². The molecule has 1 atom stereocenters. The molecule has 3 N–H and O–H groups in total. The smallest absolute Gasteiger partial charge is 0.253 e. The molecule has 5 nitrogen and oxygen atoms in total. The summed E-state index contributed by atoms with van der Waals surface area (Å²) in [5.41, 5.74) is 4.17. The Morgan fingerprint density at radius 1 is 1.03 bits per heavy atom. The summed E-state index contributed by atoms with van der Waals surface area (Å²) < 4.78 is 1.20. The average molecular weight is 414 g/mol. The normalized spacial score (nSPS) is 12.3. The number of amides is 1. The molecular weight excluding hydrogens is 394 g/mol. The summed E-state index contributed by atoms with van der Waals surface area (Å²) in [5, 5.41) is 24.6.